The van der Waals surface area contributed by atoms with Gasteiger partial charge < -0.3 is 5.11 Å². The summed E-state index contributed by atoms with van der Waals surface area (Å²) in [6, 6.07) is 6.74. The molecule has 0 aromatic heterocycles. The van der Waals surface area contributed by atoms with Gasteiger partial charge in [0, 0.05) is 0 Å². The Morgan fingerprint density at radius 3 is 2.84 bits per heavy atom. The largest absolute Gasteiger partial charge is 0.481 e. The van der Waals surface area contributed by atoms with Crippen LogP contribution in [-0.2, 0) is 11.2 Å². The zero-order chi connectivity index (χ0) is 13.4. The van der Waals surface area contributed by atoms with E-state index in [0.29, 0.717) is 11.8 Å². The fourth-order valence-corrected chi connectivity index (χ4v) is 3.53. The second-order valence-electron chi connectivity index (χ2n) is 6.29. The molecule has 3 rings (SSSR count). The van der Waals surface area contributed by atoms with Gasteiger partial charge in [0.05, 0.1) is 6.42 Å². The van der Waals surface area contributed by atoms with Crippen LogP contribution in [0, 0.1) is 5.92 Å². The smallest absolute Gasteiger partial charge is 0.303 e. The van der Waals surface area contributed by atoms with Gasteiger partial charge >= 0.3 is 5.97 Å². The minimum Gasteiger partial charge on any atom is -0.481 e. The summed E-state index contributed by atoms with van der Waals surface area (Å²) in [6.45, 7) is 2.30. The number of aryl methyl sites for hydroxylation is 1. The molecule has 1 saturated carbocycles. The Morgan fingerprint density at radius 2 is 2.16 bits per heavy atom. The Kier molecular flexibility index (Phi) is 3.34. The van der Waals surface area contributed by atoms with Crippen molar-refractivity contribution in [2.24, 2.45) is 5.92 Å². The van der Waals surface area contributed by atoms with E-state index >= 15 is 0 Å². The minimum absolute atomic E-state index is 0.233. The Morgan fingerprint density at radius 1 is 1.37 bits per heavy atom. The Hall–Kier alpha value is -1.31. The fourth-order valence-electron chi connectivity index (χ4n) is 3.53. The van der Waals surface area contributed by atoms with Gasteiger partial charge in [-0.05, 0) is 66.5 Å². The van der Waals surface area contributed by atoms with Crippen LogP contribution in [0.5, 0.6) is 0 Å². The number of hydrogen-bond acceptors (Lipinski definition) is 1. The van der Waals surface area contributed by atoms with Gasteiger partial charge in [0.25, 0.3) is 0 Å². The summed E-state index contributed by atoms with van der Waals surface area (Å²) in [7, 11) is 0. The molecular formula is C17H22O2. The SMILES string of the molecule is CC1CCCc2ccc(C(CC(=O)O)C3CC3)cc21. The molecule has 0 saturated heterocycles. The summed E-state index contributed by atoms with van der Waals surface area (Å²) >= 11 is 0. The quantitative estimate of drug-likeness (QED) is 0.883. The summed E-state index contributed by atoms with van der Waals surface area (Å²) < 4.78 is 0. The second kappa shape index (κ2) is 4.99. The Bertz CT molecular complexity index is 488. The van der Waals surface area contributed by atoms with E-state index in [9.17, 15) is 4.79 Å². The van der Waals surface area contributed by atoms with E-state index < -0.39 is 5.97 Å². The van der Waals surface area contributed by atoms with Crippen molar-refractivity contribution in [3.63, 3.8) is 0 Å². The molecule has 0 spiro atoms. The van der Waals surface area contributed by atoms with Crippen LogP contribution in [0.3, 0.4) is 0 Å². The molecule has 2 atom stereocenters. The maximum absolute atomic E-state index is 11.1. The predicted octanol–water partition coefficient (Wildman–Crippen LogP) is 4.09. The van der Waals surface area contributed by atoms with Crippen molar-refractivity contribution in [2.45, 2.75) is 57.3 Å². The number of aliphatic carboxylic acids is 1. The molecule has 1 aromatic carbocycles. The molecule has 102 valence electrons. The molecule has 2 aliphatic carbocycles. The number of fused-ring (bicyclic) bond motifs is 1. The lowest BCUT2D eigenvalue weighted by atomic mass is 9.80. The molecule has 0 heterocycles. The molecule has 1 aromatic rings. The van der Waals surface area contributed by atoms with Crippen LogP contribution < -0.4 is 0 Å². The molecule has 0 aliphatic heterocycles. The molecule has 0 radical (unpaired) electrons. The lowest BCUT2D eigenvalue weighted by Crippen LogP contribution is -2.12. The van der Waals surface area contributed by atoms with Gasteiger partial charge in [-0.2, -0.15) is 0 Å². The summed E-state index contributed by atoms with van der Waals surface area (Å²) in [5.74, 6) is 0.807. The van der Waals surface area contributed by atoms with E-state index in [1.807, 2.05) is 0 Å². The first kappa shape index (κ1) is 12.7. The lowest BCUT2D eigenvalue weighted by molar-refractivity contribution is -0.137. The predicted molar refractivity (Wildman–Crippen MR) is 75.5 cm³/mol. The highest BCUT2D eigenvalue weighted by molar-refractivity contribution is 5.68. The Balaban J connectivity index is 1.90. The van der Waals surface area contributed by atoms with Crippen molar-refractivity contribution in [3.05, 3.63) is 34.9 Å². The highest BCUT2D eigenvalue weighted by Crippen LogP contribution is 2.45. The molecular weight excluding hydrogens is 236 g/mol. The van der Waals surface area contributed by atoms with Gasteiger partial charge in [-0.3, -0.25) is 4.79 Å². The van der Waals surface area contributed by atoms with Crippen molar-refractivity contribution in [1.29, 1.82) is 0 Å². The molecule has 2 unspecified atom stereocenters. The molecule has 2 heteroatoms. The number of hydrogen-bond donors (Lipinski definition) is 1. The van der Waals surface area contributed by atoms with Gasteiger partial charge in [-0.25, -0.2) is 0 Å². The average Bonchev–Trinajstić information content (AvgIpc) is 3.20. The molecule has 0 amide bonds. The first-order chi connectivity index (χ1) is 9.15. The molecule has 1 N–H and O–H groups in total. The zero-order valence-corrected chi connectivity index (χ0v) is 11.6. The first-order valence-electron chi connectivity index (χ1n) is 7.49. The lowest BCUT2D eigenvalue weighted by Gasteiger charge is -2.25. The number of carbonyl (C=O) groups is 1. The molecule has 2 nitrogen and oxygen atoms in total. The van der Waals surface area contributed by atoms with Crippen molar-refractivity contribution >= 4 is 5.97 Å². The maximum atomic E-state index is 11.1. The number of rotatable bonds is 4. The van der Waals surface area contributed by atoms with Crippen LogP contribution in [0.4, 0.5) is 0 Å². The maximum Gasteiger partial charge on any atom is 0.303 e. The van der Waals surface area contributed by atoms with Gasteiger partial charge in [0.1, 0.15) is 0 Å². The van der Waals surface area contributed by atoms with Gasteiger partial charge in [0.2, 0.25) is 0 Å². The highest BCUT2D eigenvalue weighted by Gasteiger charge is 2.34. The second-order valence-corrected chi connectivity index (χ2v) is 6.29. The summed E-state index contributed by atoms with van der Waals surface area (Å²) in [4.78, 5) is 11.1. The third-order valence-electron chi connectivity index (χ3n) is 4.80. The topological polar surface area (TPSA) is 37.3 Å². The third kappa shape index (κ3) is 2.68. The number of carboxylic acid groups (broad SMARTS) is 1. The summed E-state index contributed by atoms with van der Waals surface area (Å²) in [5.41, 5.74) is 4.21. The first-order valence-corrected chi connectivity index (χ1v) is 7.49. The number of benzene rings is 1. The van der Waals surface area contributed by atoms with Crippen LogP contribution >= 0.6 is 0 Å². The van der Waals surface area contributed by atoms with Crippen LogP contribution in [0.25, 0.3) is 0 Å². The summed E-state index contributed by atoms with van der Waals surface area (Å²) in [6.07, 6.45) is 6.43. The zero-order valence-electron chi connectivity index (χ0n) is 11.6. The summed E-state index contributed by atoms with van der Waals surface area (Å²) in [5, 5.41) is 9.11. The van der Waals surface area contributed by atoms with Crippen molar-refractivity contribution in [2.75, 3.05) is 0 Å². The van der Waals surface area contributed by atoms with Crippen LogP contribution in [-0.4, -0.2) is 11.1 Å². The normalized spacial score (nSPS) is 23.7. The Labute approximate surface area is 114 Å². The third-order valence-corrected chi connectivity index (χ3v) is 4.80. The monoisotopic (exact) mass is 258 g/mol. The van der Waals surface area contributed by atoms with Crippen LogP contribution in [0.15, 0.2) is 18.2 Å². The standard InChI is InChI=1S/C17H22O2/c1-11-3-2-4-12-7-8-14(9-15(11)12)16(10-17(18)19)13-5-6-13/h7-9,11,13,16H,2-6,10H2,1H3,(H,18,19). The van der Waals surface area contributed by atoms with E-state index in [-0.39, 0.29) is 12.3 Å². The van der Waals surface area contributed by atoms with Gasteiger partial charge in [0.15, 0.2) is 0 Å². The molecule has 0 bridgehead atoms. The van der Waals surface area contributed by atoms with Crippen molar-refractivity contribution in [3.8, 4) is 0 Å². The molecule has 1 fully saturated rings. The van der Waals surface area contributed by atoms with Crippen LogP contribution in [0.2, 0.25) is 0 Å². The molecule has 2 aliphatic rings. The van der Waals surface area contributed by atoms with E-state index in [2.05, 4.69) is 25.1 Å². The fraction of sp³-hybridized carbons (Fsp3) is 0.588. The van der Waals surface area contributed by atoms with Crippen LogP contribution in [0.1, 0.15) is 67.6 Å². The van der Waals surface area contributed by atoms with Gasteiger partial charge in [-0.1, -0.05) is 25.1 Å². The minimum atomic E-state index is -0.664. The van der Waals surface area contributed by atoms with Crippen molar-refractivity contribution in [1.82, 2.24) is 0 Å². The van der Waals surface area contributed by atoms with E-state index in [1.54, 1.807) is 0 Å². The highest BCUT2D eigenvalue weighted by atomic mass is 16.4. The number of carboxylic acids is 1. The molecule has 19 heavy (non-hydrogen) atoms. The van der Waals surface area contributed by atoms with E-state index in [0.717, 1.165) is 0 Å². The van der Waals surface area contributed by atoms with Crippen molar-refractivity contribution < 1.29 is 9.90 Å². The van der Waals surface area contributed by atoms with E-state index in [1.165, 1.54) is 48.8 Å². The average molecular weight is 258 g/mol. The van der Waals surface area contributed by atoms with Gasteiger partial charge in [-0.15, -0.1) is 0 Å². The van der Waals surface area contributed by atoms with E-state index in [4.69, 9.17) is 5.11 Å².